The van der Waals surface area contributed by atoms with Crippen LogP contribution in [0, 0.1) is 0 Å². The van der Waals surface area contributed by atoms with Crippen LogP contribution in [0.2, 0.25) is 5.02 Å². The fourth-order valence-electron chi connectivity index (χ4n) is 4.21. The first-order chi connectivity index (χ1) is 13.5. The molecule has 3 heterocycles. The third kappa shape index (κ3) is 4.57. The predicted molar refractivity (Wildman–Crippen MR) is 108 cm³/mol. The number of amides is 1. The molecule has 0 saturated carbocycles. The molecule has 0 unspecified atom stereocenters. The van der Waals surface area contributed by atoms with Crippen molar-refractivity contribution in [3.8, 4) is 0 Å². The van der Waals surface area contributed by atoms with Crippen LogP contribution in [-0.4, -0.2) is 51.9 Å². The Morgan fingerprint density at radius 3 is 2.68 bits per heavy atom. The van der Waals surface area contributed by atoms with Gasteiger partial charge in [0, 0.05) is 44.4 Å². The van der Waals surface area contributed by atoms with Crippen LogP contribution in [0.5, 0.6) is 0 Å². The second kappa shape index (κ2) is 8.23. The first kappa shape index (κ1) is 19.4. The van der Waals surface area contributed by atoms with Crippen molar-refractivity contribution in [2.75, 3.05) is 19.6 Å². The Labute approximate surface area is 170 Å². The lowest BCUT2D eigenvalue weighted by Gasteiger charge is -2.39. The van der Waals surface area contributed by atoms with Crippen LogP contribution in [-0.2, 0) is 18.3 Å². The minimum absolute atomic E-state index is 0.0170. The molecule has 1 spiro atoms. The summed E-state index contributed by atoms with van der Waals surface area (Å²) < 4.78 is 8.04. The Morgan fingerprint density at radius 1 is 1.25 bits per heavy atom. The van der Waals surface area contributed by atoms with E-state index in [-0.39, 0.29) is 17.6 Å². The monoisotopic (exact) mass is 402 g/mol. The number of hydrogen-bond donors (Lipinski definition) is 1. The molecule has 4 rings (SSSR count). The van der Waals surface area contributed by atoms with Gasteiger partial charge in [0.2, 0.25) is 0 Å². The van der Waals surface area contributed by atoms with E-state index in [1.165, 1.54) is 5.56 Å². The van der Waals surface area contributed by atoms with Crippen molar-refractivity contribution in [3.63, 3.8) is 0 Å². The Hall–Kier alpha value is -1.89. The highest BCUT2D eigenvalue weighted by Crippen LogP contribution is 2.39. The number of hydrogen-bond acceptors (Lipinski definition) is 4. The van der Waals surface area contributed by atoms with Crippen molar-refractivity contribution in [2.45, 2.75) is 43.9 Å². The quantitative estimate of drug-likeness (QED) is 0.835. The molecule has 2 saturated heterocycles. The molecule has 7 heteroatoms. The van der Waals surface area contributed by atoms with E-state index in [1.807, 2.05) is 12.1 Å². The average Bonchev–Trinajstić information content (AvgIpc) is 3.30. The van der Waals surface area contributed by atoms with Gasteiger partial charge in [-0.2, -0.15) is 5.10 Å². The van der Waals surface area contributed by atoms with Crippen LogP contribution in [0.25, 0.3) is 0 Å². The van der Waals surface area contributed by atoms with E-state index in [0.717, 1.165) is 50.3 Å². The summed E-state index contributed by atoms with van der Waals surface area (Å²) in [7, 11) is 1.81. The maximum absolute atomic E-state index is 12.2. The lowest BCUT2D eigenvalue weighted by atomic mass is 9.88. The Balaban J connectivity index is 1.23. The number of piperidine rings is 1. The molecule has 2 aromatic rings. The molecule has 1 N–H and O–H groups in total. The molecule has 6 nitrogen and oxygen atoms in total. The summed E-state index contributed by atoms with van der Waals surface area (Å²) in [4.78, 5) is 14.6. The van der Waals surface area contributed by atoms with Crippen molar-refractivity contribution in [3.05, 3.63) is 52.8 Å². The third-order valence-corrected chi connectivity index (χ3v) is 6.11. The van der Waals surface area contributed by atoms with E-state index in [9.17, 15) is 4.79 Å². The second-order valence-corrected chi connectivity index (χ2v) is 8.39. The number of aryl methyl sites for hydroxylation is 1. The first-order valence-electron chi connectivity index (χ1n) is 9.94. The van der Waals surface area contributed by atoms with Crippen molar-refractivity contribution >= 4 is 17.5 Å². The molecule has 2 fully saturated rings. The molecule has 2 aliphatic rings. The number of nitrogens with one attached hydrogen (secondary N) is 1. The van der Waals surface area contributed by atoms with E-state index in [2.05, 4.69) is 27.4 Å². The summed E-state index contributed by atoms with van der Waals surface area (Å²) >= 11 is 5.97. The number of carbonyl (C=O) groups excluding carboxylic acids is 1. The first-order valence-corrected chi connectivity index (χ1v) is 10.3. The zero-order chi connectivity index (χ0) is 19.6. The molecule has 28 heavy (non-hydrogen) atoms. The van der Waals surface area contributed by atoms with Crippen molar-refractivity contribution < 1.29 is 9.53 Å². The van der Waals surface area contributed by atoms with Gasteiger partial charge >= 0.3 is 0 Å². The molecule has 1 atom stereocenters. The van der Waals surface area contributed by atoms with Crippen molar-refractivity contribution in [1.29, 1.82) is 0 Å². The maximum atomic E-state index is 12.2. The zero-order valence-electron chi connectivity index (χ0n) is 16.2. The molecule has 2 aliphatic heterocycles. The number of halogens is 1. The number of ether oxygens (including phenoxy) is 1. The van der Waals surface area contributed by atoms with Gasteiger partial charge in [0.25, 0.3) is 5.91 Å². The van der Waals surface area contributed by atoms with Crippen LogP contribution in [0.3, 0.4) is 0 Å². The molecule has 1 amide bonds. The third-order valence-electron chi connectivity index (χ3n) is 5.86. The summed E-state index contributed by atoms with van der Waals surface area (Å²) in [6.07, 6.45) is 6.03. The molecule has 0 radical (unpaired) electrons. The van der Waals surface area contributed by atoms with Gasteiger partial charge in [-0.3, -0.25) is 14.4 Å². The molecular weight excluding hydrogens is 376 g/mol. The van der Waals surface area contributed by atoms with Gasteiger partial charge in [0.1, 0.15) is 5.69 Å². The summed E-state index contributed by atoms with van der Waals surface area (Å²) in [6.45, 7) is 3.58. The van der Waals surface area contributed by atoms with E-state index in [4.69, 9.17) is 16.3 Å². The summed E-state index contributed by atoms with van der Waals surface area (Å²) in [6, 6.07) is 9.82. The number of benzene rings is 1. The van der Waals surface area contributed by atoms with Gasteiger partial charge in [0.05, 0.1) is 11.7 Å². The summed E-state index contributed by atoms with van der Waals surface area (Å²) in [5, 5.41) is 7.88. The van der Waals surface area contributed by atoms with Gasteiger partial charge in [-0.1, -0.05) is 23.7 Å². The van der Waals surface area contributed by atoms with E-state index >= 15 is 0 Å². The van der Waals surface area contributed by atoms with Crippen molar-refractivity contribution in [1.82, 2.24) is 20.0 Å². The molecule has 1 aromatic carbocycles. The molecular formula is C21H27ClN4O2. The van der Waals surface area contributed by atoms with E-state index in [0.29, 0.717) is 12.2 Å². The highest BCUT2D eigenvalue weighted by molar-refractivity contribution is 6.30. The minimum Gasteiger partial charge on any atom is -0.370 e. The second-order valence-electron chi connectivity index (χ2n) is 7.95. The summed E-state index contributed by atoms with van der Waals surface area (Å²) in [5.74, 6) is -0.136. The SMILES string of the molecule is Cn1ccc(C(=O)NC[C@@H]2CCC3(CCN(Cc4ccc(Cl)cc4)CC3)O2)n1. The topological polar surface area (TPSA) is 59.4 Å². The maximum Gasteiger partial charge on any atom is 0.271 e. The van der Waals surface area contributed by atoms with Crippen LogP contribution in [0.15, 0.2) is 36.5 Å². The molecule has 1 aromatic heterocycles. The Kier molecular flexibility index (Phi) is 5.71. The van der Waals surface area contributed by atoms with Gasteiger partial charge in [0.15, 0.2) is 0 Å². The van der Waals surface area contributed by atoms with Crippen molar-refractivity contribution in [2.24, 2.45) is 7.05 Å². The minimum atomic E-state index is -0.136. The standard InChI is InChI=1S/C21H27ClN4O2/c1-25-11-7-19(24-25)20(27)23-14-18-6-8-21(28-18)9-12-26(13-10-21)15-16-2-4-17(22)5-3-16/h2-5,7,11,18H,6,8-10,12-15H2,1H3,(H,23,27)/t18-/m0/s1. The Bertz CT molecular complexity index is 812. The lowest BCUT2D eigenvalue weighted by Crippen LogP contribution is -2.44. The van der Waals surface area contributed by atoms with Crippen LogP contribution in [0.1, 0.15) is 41.7 Å². The average molecular weight is 403 g/mol. The fraction of sp³-hybridized carbons (Fsp3) is 0.524. The lowest BCUT2D eigenvalue weighted by molar-refractivity contribution is -0.0764. The molecule has 0 aliphatic carbocycles. The van der Waals surface area contributed by atoms with Gasteiger partial charge in [-0.05, 0) is 49.4 Å². The smallest absolute Gasteiger partial charge is 0.271 e. The Morgan fingerprint density at radius 2 is 2.00 bits per heavy atom. The van der Waals surface area contributed by atoms with Crippen LogP contribution in [0.4, 0.5) is 0 Å². The number of nitrogens with zero attached hydrogens (tertiary/aromatic N) is 3. The van der Waals surface area contributed by atoms with Crippen LogP contribution < -0.4 is 5.32 Å². The van der Waals surface area contributed by atoms with Gasteiger partial charge in [-0.15, -0.1) is 0 Å². The molecule has 150 valence electrons. The van der Waals surface area contributed by atoms with Gasteiger partial charge < -0.3 is 10.1 Å². The predicted octanol–water partition coefficient (Wildman–Crippen LogP) is 3.02. The number of carbonyl (C=O) groups is 1. The van der Waals surface area contributed by atoms with E-state index < -0.39 is 0 Å². The number of likely N-dealkylation sites (tertiary alicyclic amines) is 1. The highest BCUT2D eigenvalue weighted by atomic mass is 35.5. The van der Waals surface area contributed by atoms with Gasteiger partial charge in [-0.25, -0.2) is 0 Å². The number of rotatable bonds is 5. The highest BCUT2D eigenvalue weighted by Gasteiger charge is 2.42. The normalized spacial score (nSPS) is 21.9. The summed E-state index contributed by atoms with van der Waals surface area (Å²) in [5.41, 5.74) is 1.73. The zero-order valence-corrected chi connectivity index (χ0v) is 17.0. The largest absolute Gasteiger partial charge is 0.370 e. The van der Waals surface area contributed by atoms with E-state index in [1.54, 1.807) is 24.0 Å². The number of aromatic nitrogens is 2. The van der Waals surface area contributed by atoms with Crippen LogP contribution >= 0.6 is 11.6 Å². The fourth-order valence-corrected chi connectivity index (χ4v) is 4.33. The molecule has 0 bridgehead atoms.